The SMILES string of the molecule is CCOC(=O)c1cc2sc(N(Cc3cc(OCC)c(F)c(OCC)c3)C3CCNCC3)nc2cc1N(Cc1cc(OCC)c(F)c(OCC)c1)C1CCNCC1. The number of nitrogens with one attached hydrogen (secondary N) is 2. The number of esters is 1. The summed E-state index contributed by atoms with van der Waals surface area (Å²) in [6, 6.07) is 11.1. The van der Waals surface area contributed by atoms with Crippen molar-refractivity contribution < 1.29 is 37.3 Å². The molecule has 6 rings (SSSR count). The maximum atomic E-state index is 15.4. The van der Waals surface area contributed by atoms with Crippen LogP contribution in [0.25, 0.3) is 10.2 Å². The Hall–Kier alpha value is -4.40. The molecule has 0 unspecified atom stereocenters. The van der Waals surface area contributed by atoms with E-state index in [-0.39, 0.29) is 41.7 Å². The number of nitrogens with zero attached hydrogens (tertiary/aromatic N) is 3. The van der Waals surface area contributed by atoms with Crippen LogP contribution in [0.2, 0.25) is 0 Å². The Balaban J connectivity index is 1.46. The van der Waals surface area contributed by atoms with Crippen LogP contribution in [-0.2, 0) is 17.8 Å². The average molecular weight is 796 g/mol. The molecular weight excluding hydrogens is 741 g/mol. The van der Waals surface area contributed by atoms with Crippen LogP contribution in [0.4, 0.5) is 19.6 Å². The van der Waals surface area contributed by atoms with E-state index in [1.807, 2.05) is 39.8 Å². The third-order valence-corrected chi connectivity index (χ3v) is 11.1. The molecule has 0 atom stereocenters. The third-order valence-electron chi connectivity index (χ3n) is 10.1. The molecule has 0 bridgehead atoms. The molecule has 0 aliphatic carbocycles. The Kier molecular flexibility index (Phi) is 14.5. The highest BCUT2D eigenvalue weighted by Crippen LogP contribution is 2.40. The Morgan fingerprint density at radius 2 is 1.12 bits per heavy atom. The highest BCUT2D eigenvalue weighted by Gasteiger charge is 2.30. The number of fused-ring (bicyclic) bond motifs is 1. The predicted octanol–water partition coefficient (Wildman–Crippen LogP) is 7.86. The quantitative estimate of drug-likeness (QED) is 0.0962. The molecule has 0 radical (unpaired) electrons. The molecule has 2 aliphatic heterocycles. The zero-order chi connectivity index (χ0) is 39.6. The first-order valence-corrected chi connectivity index (χ1v) is 20.8. The lowest BCUT2D eigenvalue weighted by Crippen LogP contribution is -2.43. The summed E-state index contributed by atoms with van der Waals surface area (Å²) in [6.07, 6.45) is 3.49. The van der Waals surface area contributed by atoms with Gasteiger partial charge in [0.1, 0.15) is 0 Å². The Morgan fingerprint density at radius 1 is 0.679 bits per heavy atom. The summed E-state index contributed by atoms with van der Waals surface area (Å²) in [5.74, 6) is -0.880. The highest BCUT2D eigenvalue weighted by atomic mass is 32.1. The number of carbonyl (C=O) groups is 1. The minimum absolute atomic E-state index is 0.0694. The van der Waals surface area contributed by atoms with E-state index in [1.165, 1.54) is 11.3 Å². The van der Waals surface area contributed by atoms with E-state index in [2.05, 4.69) is 20.4 Å². The largest absolute Gasteiger partial charge is 0.491 e. The number of hydrogen-bond acceptors (Lipinski definition) is 12. The minimum atomic E-state index is -0.531. The lowest BCUT2D eigenvalue weighted by molar-refractivity contribution is 0.0527. The van der Waals surface area contributed by atoms with Crippen LogP contribution in [-0.4, -0.2) is 82.3 Å². The number of ether oxygens (including phenoxy) is 5. The average Bonchev–Trinajstić information content (AvgIpc) is 3.63. The van der Waals surface area contributed by atoms with Crippen molar-refractivity contribution in [3.05, 3.63) is 64.7 Å². The van der Waals surface area contributed by atoms with E-state index in [1.54, 1.807) is 31.2 Å². The van der Waals surface area contributed by atoms with Crippen molar-refractivity contribution in [1.82, 2.24) is 15.6 Å². The Labute approximate surface area is 332 Å². The first-order valence-electron chi connectivity index (χ1n) is 20.0. The lowest BCUT2D eigenvalue weighted by atomic mass is 10.0. The van der Waals surface area contributed by atoms with Crippen LogP contribution in [0.15, 0.2) is 36.4 Å². The van der Waals surface area contributed by atoms with Gasteiger partial charge in [-0.25, -0.2) is 9.78 Å². The van der Waals surface area contributed by atoms with Gasteiger partial charge in [-0.05, 0) is 134 Å². The standard InChI is InChI=1S/C42H55F2N5O6S/c1-6-51-34-19-27(20-35(39(34)43)52-7-2)25-48(29-11-15-45-16-12-29)33-24-32-38(23-31(33)41(50)55-10-5)56-42(47-32)49(30-13-17-46-18-14-30)26-28-21-36(53-8-3)40(44)37(22-28)54-9-4/h19-24,29-30,45-46H,6-18,25-26H2,1-5H3. The van der Waals surface area contributed by atoms with Gasteiger partial charge in [-0.3, -0.25) is 0 Å². The fourth-order valence-electron chi connectivity index (χ4n) is 7.56. The topological polar surface area (TPSA) is 107 Å². The van der Waals surface area contributed by atoms with E-state index in [4.69, 9.17) is 28.7 Å². The number of carbonyl (C=O) groups excluding carboxylic acids is 1. The monoisotopic (exact) mass is 795 g/mol. The number of thiazole rings is 1. The van der Waals surface area contributed by atoms with Gasteiger partial charge in [0.15, 0.2) is 28.1 Å². The second-order valence-electron chi connectivity index (χ2n) is 13.8. The Bertz CT molecular complexity index is 1880. The van der Waals surface area contributed by atoms with E-state index >= 15 is 8.78 Å². The molecule has 14 heteroatoms. The smallest absolute Gasteiger partial charge is 0.340 e. The van der Waals surface area contributed by atoms with E-state index in [9.17, 15) is 4.79 Å². The fourth-order valence-corrected chi connectivity index (χ4v) is 8.61. The number of rotatable bonds is 18. The normalized spacial score (nSPS) is 15.1. The first kappa shape index (κ1) is 41.2. The molecule has 0 amide bonds. The van der Waals surface area contributed by atoms with E-state index < -0.39 is 17.6 Å². The van der Waals surface area contributed by atoms with Crippen LogP contribution in [0, 0.1) is 11.6 Å². The van der Waals surface area contributed by atoms with Crippen molar-refractivity contribution >= 4 is 38.3 Å². The second kappa shape index (κ2) is 19.6. The maximum absolute atomic E-state index is 15.4. The summed E-state index contributed by atoms with van der Waals surface area (Å²) in [5.41, 5.74) is 3.53. The number of halogens is 2. The van der Waals surface area contributed by atoms with Crippen LogP contribution in [0.1, 0.15) is 81.8 Å². The third kappa shape index (κ3) is 9.58. The van der Waals surface area contributed by atoms with Gasteiger partial charge in [-0.1, -0.05) is 11.3 Å². The molecule has 0 spiro atoms. The van der Waals surface area contributed by atoms with E-state index in [0.29, 0.717) is 50.8 Å². The second-order valence-corrected chi connectivity index (χ2v) is 14.8. The molecule has 3 aromatic carbocycles. The van der Waals surface area contributed by atoms with Crippen LogP contribution >= 0.6 is 11.3 Å². The lowest BCUT2D eigenvalue weighted by Gasteiger charge is -2.37. The van der Waals surface area contributed by atoms with Gasteiger partial charge in [0.2, 0.25) is 11.6 Å². The van der Waals surface area contributed by atoms with Crippen molar-refractivity contribution in [1.29, 1.82) is 0 Å². The summed E-state index contributed by atoms with van der Waals surface area (Å²) < 4.78 is 59.9. The molecule has 2 saturated heterocycles. The summed E-state index contributed by atoms with van der Waals surface area (Å²) >= 11 is 1.52. The van der Waals surface area contributed by atoms with Gasteiger partial charge in [-0.2, -0.15) is 8.78 Å². The van der Waals surface area contributed by atoms with Gasteiger partial charge >= 0.3 is 5.97 Å². The van der Waals surface area contributed by atoms with Gasteiger partial charge < -0.3 is 44.1 Å². The van der Waals surface area contributed by atoms with Crippen LogP contribution < -0.4 is 39.4 Å². The van der Waals surface area contributed by atoms with Crippen LogP contribution in [0.5, 0.6) is 23.0 Å². The molecule has 56 heavy (non-hydrogen) atoms. The zero-order valence-corrected chi connectivity index (χ0v) is 34.0. The summed E-state index contributed by atoms with van der Waals surface area (Å²) in [4.78, 5) is 23.6. The Morgan fingerprint density at radius 3 is 1.57 bits per heavy atom. The molecule has 1 aromatic heterocycles. The molecule has 0 saturated carbocycles. The van der Waals surface area contributed by atoms with Gasteiger partial charge in [-0.15, -0.1) is 0 Å². The van der Waals surface area contributed by atoms with Crippen molar-refractivity contribution in [2.75, 3.05) is 69.0 Å². The molecule has 304 valence electrons. The number of anilines is 2. The number of aromatic nitrogens is 1. The van der Waals surface area contributed by atoms with Crippen LogP contribution in [0.3, 0.4) is 0 Å². The molecule has 2 N–H and O–H groups in total. The molecule has 2 fully saturated rings. The molecule has 2 aliphatic rings. The highest BCUT2D eigenvalue weighted by molar-refractivity contribution is 7.22. The predicted molar refractivity (Wildman–Crippen MR) is 217 cm³/mol. The first-order chi connectivity index (χ1) is 27.3. The molecule has 4 aromatic rings. The van der Waals surface area contributed by atoms with Gasteiger partial charge in [0.25, 0.3) is 0 Å². The summed E-state index contributed by atoms with van der Waals surface area (Å²) in [5, 5.41) is 7.72. The summed E-state index contributed by atoms with van der Waals surface area (Å²) in [7, 11) is 0. The molecule has 11 nitrogen and oxygen atoms in total. The fraction of sp³-hybridized carbons (Fsp3) is 0.524. The minimum Gasteiger partial charge on any atom is -0.491 e. The van der Waals surface area contributed by atoms with Crippen molar-refractivity contribution in [3.63, 3.8) is 0 Å². The number of piperidine rings is 2. The van der Waals surface area contributed by atoms with Crippen molar-refractivity contribution in [2.24, 2.45) is 0 Å². The van der Waals surface area contributed by atoms with Gasteiger partial charge in [0.05, 0.1) is 54.5 Å². The number of benzene rings is 3. The van der Waals surface area contributed by atoms with Gasteiger partial charge in [0, 0.05) is 25.2 Å². The summed E-state index contributed by atoms with van der Waals surface area (Å²) in [6.45, 7) is 14.8. The molecule has 3 heterocycles. The van der Waals surface area contributed by atoms with E-state index in [0.717, 1.165) is 78.3 Å². The number of hydrogen-bond donors (Lipinski definition) is 2. The molecular formula is C42H55F2N5O6S. The van der Waals surface area contributed by atoms with Crippen molar-refractivity contribution in [3.8, 4) is 23.0 Å². The van der Waals surface area contributed by atoms with Crippen molar-refractivity contribution in [2.45, 2.75) is 85.5 Å². The zero-order valence-electron chi connectivity index (χ0n) is 33.2. The maximum Gasteiger partial charge on any atom is 0.340 e.